The highest BCUT2D eigenvalue weighted by molar-refractivity contribution is 5.91. The van der Waals surface area contributed by atoms with Gasteiger partial charge in [0.15, 0.2) is 0 Å². The third-order valence-electron chi connectivity index (χ3n) is 3.16. The minimum absolute atomic E-state index is 0.0614. The van der Waals surface area contributed by atoms with E-state index in [1.54, 1.807) is 4.90 Å². The Kier molecular flexibility index (Phi) is 6.77. The average molecular weight is 276 g/mol. The van der Waals surface area contributed by atoms with E-state index in [0.29, 0.717) is 19.4 Å². The Hall–Kier alpha value is -1.84. The number of benzene rings is 1. The molecule has 1 rings (SSSR count). The monoisotopic (exact) mass is 276 g/mol. The van der Waals surface area contributed by atoms with E-state index in [1.165, 1.54) is 0 Å². The van der Waals surface area contributed by atoms with Crippen molar-refractivity contribution in [2.24, 2.45) is 0 Å². The molecule has 0 spiro atoms. The maximum absolute atomic E-state index is 12.0. The number of para-hydroxylation sites is 1. The first-order chi connectivity index (χ1) is 9.58. The highest BCUT2D eigenvalue weighted by Crippen LogP contribution is 2.10. The molecular weight excluding hydrogens is 252 g/mol. The Bertz CT molecular complexity index is 431. The zero-order valence-electron chi connectivity index (χ0n) is 12.6. The summed E-state index contributed by atoms with van der Waals surface area (Å²) in [5.74, 6) is 0.0422. The topological polar surface area (TPSA) is 49.4 Å². The molecule has 1 aromatic rings. The maximum Gasteiger partial charge on any atom is 0.226 e. The fraction of sp³-hybridized carbons (Fsp3) is 0.500. The first-order valence-electron chi connectivity index (χ1n) is 7.22. The second-order valence-electron chi connectivity index (χ2n) is 4.91. The van der Waals surface area contributed by atoms with Crippen LogP contribution >= 0.6 is 0 Å². The largest absolute Gasteiger partial charge is 0.339 e. The van der Waals surface area contributed by atoms with Crippen LogP contribution < -0.4 is 5.32 Å². The number of anilines is 1. The van der Waals surface area contributed by atoms with Crippen LogP contribution in [0.3, 0.4) is 0 Å². The van der Waals surface area contributed by atoms with Gasteiger partial charge in [0.25, 0.3) is 0 Å². The first-order valence-corrected chi connectivity index (χ1v) is 7.22. The lowest BCUT2D eigenvalue weighted by Crippen LogP contribution is -2.40. The highest BCUT2D eigenvalue weighted by Gasteiger charge is 2.20. The van der Waals surface area contributed by atoms with Crippen molar-refractivity contribution in [2.45, 2.75) is 46.1 Å². The van der Waals surface area contributed by atoms with Crippen molar-refractivity contribution in [2.75, 3.05) is 11.9 Å². The quantitative estimate of drug-likeness (QED) is 0.832. The van der Waals surface area contributed by atoms with Crippen LogP contribution in [0, 0.1) is 0 Å². The molecule has 1 atom stereocenters. The Morgan fingerprint density at radius 3 is 2.40 bits per heavy atom. The van der Waals surface area contributed by atoms with Crippen LogP contribution in [0.5, 0.6) is 0 Å². The van der Waals surface area contributed by atoms with E-state index < -0.39 is 0 Å². The first kappa shape index (κ1) is 16.2. The van der Waals surface area contributed by atoms with Gasteiger partial charge in [-0.15, -0.1) is 0 Å². The standard InChI is InChI=1S/C16H24N2O2/c1-4-11-18(16(20)5-2)13(3)12-15(19)17-14-9-7-6-8-10-14/h6-10,13H,4-5,11-12H2,1-3H3,(H,17,19)/t13-/m1/s1. The van der Waals surface area contributed by atoms with E-state index in [1.807, 2.05) is 51.1 Å². The average Bonchev–Trinajstić information content (AvgIpc) is 2.44. The van der Waals surface area contributed by atoms with Gasteiger partial charge in [-0.05, 0) is 25.5 Å². The van der Waals surface area contributed by atoms with E-state index in [2.05, 4.69) is 5.32 Å². The number of rotatable bonds is 7. The molecule has 4 heteroatoms. The van der Waals surface area contributed by atoms with Crippen LogP contribution in [-0.4, -0.2) is 29.3 Å². The number of nitrogens with zero attached hydrogens (tertiary/aromatic N) is 1. The van der Waals surface area contributed by atoms with E-state index in [0.717, 1.165) is 12.1 Å². The van der Waals surface area contributed by atoms with Crippen LogP contribution in [0.15, 0.2) is 30.3 Å². The molecule has 0 aliphatic heterocycles. The maximum atomic E-state index is 12.0. The number of hydrogen-bond donors (Lipinski definition) is 1. The van der Waals surface area contributed by atoms with E-state index in [4.69, 9.17) is 0 Å². The second kappa shape index (κ2) is 8.35. The highest BCUT2D eigenvalue weighted by atomic mass is 16.2. The van der Waals surface area contributed by atoms with Crippen molar-refractivity contribution in [3.8, 4) is 0 Å². The van der Waals surface area contributed by atoms with Crippen molar-refractivity contribution in [1.29, 1.82) is 0 Å². The molecule has 0 aliphatic rings. The zero-order chi connectivity index (χ0) is 15.0. The predicted molar refractivity (Wildman–Crippen MR) is 81.4 cm³/mol. The number of amides is 2. The van der Waals surface area contributed by atoms with E-state index >= 15 is 0 Å². The molecule has 20 heavy (non-hydrogen) atoms. The van der Waals surface area contributed by atoms with Crippen molar-refractivity contribution in [3.63, 3.8) is 0 Å². The van der Waals surface area contributed by atoms with Gasteiger partial charge < -0.3 is 10.2 Å². The predicted octanol–water partition coefficient (Wildman–Crippen LogP) is 3.05. The molecule has 110 valence electrons. The molecule has 0 fully saturated rings. The molecule has 0 aromatic heterocycles. The molecule has 0 radical (unpaired) electrons. The molecule has 1 aromatic carbocycles. The van der Waals surface area contributed by atoms with Crippen LogP contribution in [0.25, 0.3) is 0 Å². The fourth-order valence-corrected chi connectivity index (χ4v) is 2.15. The van der Waals surface area contributed by atoms with E-state index in [-0.39, 0.29) is 17.9 Å². The smallest absolute Gasteiger partial charge is 0.226 e. The van der Waals surface area contributed by atoms with Gasteiger partial charge in [-0.1, -0.05) is 32.0 Å². The lowest BCUT2D eigenvalue weighted by Gasteiger charge is -2.28. The Labute approximate surface area is 121 Å². The summed E-state index contributed by atoms with van der Waals surface area (Å²) >= 11 is 0. The minimum Gasteiger partial charge on any atom is -0.339 e. The van der Waals surface area contributed by atoms with Crippen molar-refractivity contribution >= 4 is 17.5 Å². The van der Waals surface area contributed by atoms with Crippen LogP contribution in [-0.2, 0) is 9.59 Å². The normalized spacial score (nSPS) is 11.8. The molecule has 0 saturated heterocycles. The molecule has 2 amide bonds. The van der Waals surface area contributed by atoms with Crippen LogP contribution in [0.2, 0.25) is 0 Å². The SMILES string of the molecule is CCCN(C(=O)CC)[C@H](C)CC(=O)Nc1ccccc1. The zero-order valence-corrected chi connectivity index (χ0v) is 12.6. The van der Waals surface area contributed by atoms with E-state index in [9.17, 15) is 9.59 Å². The van der Waals surface area contributed by atoms with Gasteiger partial charge in [-0.2, -0.15) is 0 Å². The fourth-order valence-electron chi connectivity index (χ4n) is 2.15. The van der Waals surface area contributed by atoms with Gasteiger partial charge in [0.1, 0.15) is 0 Å². The van der Waals surface area contributed by atoms with Gasteiger partial charge in [-0.25, -0.2) is 0 Å². The Morgan fingerprint density at radius 1 is 1.20 bits per heavy atom. The minimum atomic E-state index is -0.0777. The number of carbonyl (C=O) groups is 2. The van der Waals surface area contributed by atoms with Gasteiger partial charge in [-0.3, -0.25) is 9.59 Å². The summed E-state index contributed by atoms with van der Waals surface area (Å²) in [5.41, 5.74) is 0.786. The molecule has 0 heterocycles. The molecule has 0 unspecified atom stereocenters. The Morgan fingerprint density at radius 2 is 1.85 bits per heavy atom. The summed E-state index contributed by atoms with van der Waals surface area (Å²) in [6.45, 7) is 6.51. The molecule has 0 bridgehead atoms. The van der Waals surface area contributed by atoms with Crippen LogP contribution in [0.1, 0.15) is 40.0 Å². The molecule has 1 N–H and O–H groups in total. The number of nitrogens with one attached hydrogen (secondary N) is 1. The summed E-state index contributed by atoms with van der Waals surface area (Å²) in [5, 5.41) is 2.85. The van der Waals surface area contributed by atoms with Gasteiger partial charge >= 0.3 is 0 Å². The van der Waals surface area contributed by atoms with Crippen molar-refractivity contribution < 1.29 is 9.59 Å². The van der Waals surface area contributed by atoms with Crippen molar-refractivity contribution in [1.82, 2.24) is 4.90 Å². The van der Waals surface area contributed by atoms with Gasteiger partial charge in [0, 0.05) is 31.1 Å². The number of hydrogen-bond acceptors (Lipinski definition) is 2. The van der Waals surface area contributed by atoms with Crippen molar-refractivity contribution in [3.05, 3.63) is 30.3 Å². The molecule has 0 aliphatic carbocycles. The number of carbonyl (C=O) groups excluding carboxylic acids is 2. The summed E-state index contributed by atoms with van der Waals surface area (Å²) in [6.07, 6.45) is 1.70. The third-order valence-corrected chi connectivity index (χ3v) is 3.16. The van der Waals surface area contributed by atoms with Gasteiger partial charge in [0.2, 0.25) is 11.8 Å². The van der Waals surface area contributed by atoms with Gasteiger partial charge in [0.05, 0.1) is 0 Å². The molecule has 0 saturated carbocycles. The lowest BCUT2D eigenvalue weighted by molar-refractivity contribution is -0.133. The second-order valence-corrected chi connectivity index (χ2v) is 4.91. The summed E-state index contributed by atoms with van der Waals surface area (Å²) in [6, 6.07) is 9.28. The lowest BCUT2D eigenvalue weighted by atomic mass is 10.1. The Balaban J connectivity index is 2.56. The summed E-state index contributed by atoms with van der Waals surface area (Å²) < 4.78 is 0. The molecule has 4 nitrogen and oxygen atoms in total. The molecular formula is C16H24N2O2. The summed E-state index contributed by atoms with van der Waals surface area (Å²) in [7, 11) is 0. The summed E-state index contributed by atoms with van der Waals surface area (Å²) in [4.78, 5) is 25.7. The third kappa shape index (κ3) is 5.03. The van der Waals surface area contributed by atoms with Crippen LogP contribution in [0.4, 0.5) is 5.69 Å².